The predicted molar refractivity (Wildman–Crippen MR) is 71.1 cm³/mol. The highest BCUT2D eigenvalue weighted by molar-refractivity contribution is 6.34. The van der Waals surface area contributed by atoms with Crippen LogP contribution in [-0.2, 0) is 0 Å². The van der Waals surface area contributed by atoms with E-state index in [1.165, 1.54) is 6.07 Å². The molecular formula is C12H13ClN2O4. The maximum absolute atomic E-state index is 11.3. The average Bonchev–Trinajstić information content (AvgIpc) is 3.15. The Morgan fingerprint density at radius 3 is 2.63 bits per heavy atom. The minimum Gasteiger partial charge on any atom is -0.478 e. The summed E-state index contributed by atoms with van der Waals surface area (Å²) in [5, 5.41) is 20.1. The van der Waals surface area contributed by atoms with E-state index < -0.39 is 10.9 Å². The van der Waals surface area contributed by atoms with Crippen LogP contribution in [0.2, 0.25) is 5.02 Å². The molecule has 0 spiro atoms. The molecule has 0 saturated heterocycles. The van der Waals surface area contributed by atoms with Crippen molar-refractivity contribution in [2.45, 2.75) is 25.8 Å². The molecular weight excluding hydrogens is 272 g/mol. The van der Waals surface area contributed by atoms with E-state index in [9.17, 15) is 20.0 Å². The fourth-order valence-electron chi connectivity index (χ4n) is 2.13. The molecule has 6 nitrogen and oxygen atoms in total. The van der Waals surface area contributed by atoms with E-state index in [0.29, 0.717) is 12.2 Å². The summed E-state index contributed by atoms with van der Waals surface area (Å²) in [7, 11) is 0. The van der Waals surface area contributed by atoms with Gasteiger partial charge in [-0.2, -0.15) is 0 Å². The fourth-order valence-corrected chi connectivity index (χ4v) is 2.45. The van der Waals surface area contributed by atoms with Crippen molar-refractivity contribution in [3.05, 3.63) is 32.8 Å². The summed E-state index contributed by atoms with van der Waals surface area (Å²) in [5.41, 5.74) is -0.0456. The molecule has 0 atom stereocenters. The van der Waals surface area contributed by atoms with Crippen LogP contribution >= 0.6 is 11.6 Å². The first-order valence-corrected chi connectivity index (χ1v) is 6.31. The first-order valence-electron chi connectivity index (χ1n) is 5.93. The van der Waals surface area contributed by atoms with Crippen molar-refractivity contribution in [2.75, 3.05) is 11.4 Å². The monoisotopic (exact) mass is 284 g/mol. The van der Waals surface area contributed by atoms with Gasteiger partial charge in [-0.25, -0.2) is 4.79 Å². The lowest BCUT2D eigenvalue weighted by atomic mass is 10.1. The summed E-state index contributed by atoms with van der Waals surface area (Å²) in [6, 6.07) is 2.55. The Hall–Kier alpha value is -1.82. The number of benzene rings is 1. The van der Waals surface area contributed by atoms with Gasteiger partial charge >= 0.3 is 5.97 Å². The number of carbonyl (C=O) groups is 1. The van der Waals surface area contributed by atoms with Gasteiger partial charge < -0.3 is 10.0 Å². The first kappa shape index (κ1) is 13.6. The van der Waals surface area contributed by atoms with Gasteiger partial charge in [-0.15, -0.1) is 0 Å². The van der Waals surface area contributed by atoms with Gasteiger partial charge in [-0.05, 0) is 19.8 Å². The first-order chi connectivity index (χ1) is 8.95. The van der Waals surface area contributed by atoms with Crippen LogP contribution in [0, 0.1) is 10.1 Å². The molecule has 1 fully saturated rings. The van der Waals surface area contributed by atoms with Crippen LogP contribution in [0.1, 0.15) is 30.1 Å². The van der Waals surface area contributed by atoms with Crippen molar-refractivity contribution >= 4 is 28.9 Å². The van der Waals surface area contributed by atoms with Crippen LogP contribution in [0.4, 0.5) is 11.4 Å². The van der Waals surface area contributed by atoms with Gasteiger partial charge in [-0.1, -0.05) is 11.6 Å². The van der Waals surface area contributed by atoms with Crippen molar-refractivity contribution in [3.63, 3.8) is 0 Å². The van der Waals surface area contributed by atoms with Gasteiger partial charge in [0.25, 0.3) is 5.69 Å². The summed E-state index contributed by atoms with van der Waals surface area (Å²) < 4.78 is 0. The van der Waals surface area contributed by atoms with Crippen molar-refractivity contribution in [2.24, 2.45) is 0 Å². The second-order valence-corrected chi connectivity index (χ2v) is 4.81. The average molecular weight is 285 g/mol. The van der Waals surface area contributed by atoms with Crippen LogP contribution in [0.15, 0.2) is 12.1 Å². The molecule has 0 amide bonds. The molecule has 1 aliphatic carbocycles. The molecule has 1 N–H and O–H groups in total. The summed E-state index contributed by atoms with van der Waals surface area (Å²) in [4.78, 5) is 23.3. The van der Waals surface area contributed by atoms with Gasteiger partial charge in [0.15, 0.2) is 0 Å². The summed E-state index contributed by atoms with van der Waals surface area (Å²) in [6.07, 6.45) is 1.97. The number of carboxylic acid groups (broad SMARTS) is 1. The zero-order valence-electron chi connectivity index (χ0n) is 10.3. The molecule has 0 unspecified atom stereocenters. The standard InChI is InChI=1S/C12H13ClN2O4/c1-2-14(7-3-4-7)11-9(12(16)17)5-8(15(18)19)6-10(11)13/h5-7H,2-4H2,1H3,(H,16,17). The Bertz CT molecular complexity index is 543. The minimum absolute atomic E-state index is 0.111. The highest BCUT2D eigenvalue weighted by Crippen LogP contribution is 2.39. The molecule has 0 heterocycles. The lowest BCUT2D eigenvalue weighted by molar-refractivity contribution is -0.384. The summed E-state index contributed by atoms with van der Waals surface area (Å²) >= 11 is 6.06. The normalized spacial score (nSPS) is 14.2. The number of nitrogens with zero attached hydrogens (tertiary/aromatic N) is 2. The molecule has 19 heavy (non-hydrogen) atoms. The van der Waals surface area contributed by atoms with Gasteiger partial charge in [0.1, 0.15) is 0 Å². The molecule has 2 rings (SSSR count). The number of non-ortho nitro benzene ring substituents is 1. The van der Waals surface area contributed by atoms with Crippen molar-refractivity contribution in [1.82, 2.24) is 0 Å². The molecule has 0 aliphatic heterocycles. The van der Waals surface area contributed by atoms with E-state index in [2.05, 4.69) is 0 Å². The number of nitro groups is 1. The smallest absolute Gasteiger partial charge is 0.338 e. The molecule has 102 valence electrons. The van der Waals surface area contributed by atoms with Gasteiger partial charge in [0.2, 0.25) is 0 Å². The molecule has 1 aromatic rings. The van der Waals surface area contributed by atoms with Gasteiger partial charge in [0, 0.05) is 24.7 Å². The van der Waals surface area contributed by atoms with Crippen LogP contribution in [0.5, 0.6) is 0 Å². The van der Waals surface area contributed by atoms with Crippen LogP contribution in [-0.4, -0.2) is 28.6 Å². The van der Waals surface area contributed by atoms with Crippen LogP contribution < -0.4 is 4.90 Å². The second kappa shape index (κ2) is 5.05. The number of halogens is 1. The van der Waals surface area contributed by atoms with Crippen molar-refractivity contribution in [3.8, 4) is 0 Å². The SMILES string of the molecule is CCN(c1c(Cl)cc([N+](=O)[O-])cc1C(=O)O)C1CC1. The van der Waals surface area contributed by atoms with Crippen molar-refractivity contribution in [1.29, 1.82) is 0 Å². The Morgan fingerprint density at radius 2 is 2.21 bits per heavy atom. The van der Waals surface area contributed by atoms with E-state index in [1.807, 2.05) is 11.8 Å². The number of carboxylic acids is 1. The number of hydrogen-bond acceptors (Lipinski definition) is 4. The third-order valence-electron chi connectivity index (χ3n) is 3.10. The molecule has 1 aromatic carbocycles. The molecule has 0 radical (unpaired) electrons. The molecule has 1 saturated carbocycles. The molecule has 7 heteroatoms. The van der Waals surface area contributed by atoms with Gasteiger partial charge in [-0.3, -0.25) is 10.1 Å². The second-order valence-electron chi connectivity index (χ2n) is 4.40. The highest BCUT2D eigenvalue weighted by Gasteiger charge is 2.33. The Kier molecular flexibility index (Phi) is 3.61. The fraction of sp³-hybridized carbons (Fsp3) is 0.417. The van der Waals surface area contributed by atoms with Crippen LogP contribution in [0.25, 0.3) is 0 Å². The molecule has 0 bridgehead atoms. The maximum Gasteiger partial charge on any atom is 0.338 e. The summed E-state index contributed by atoms with van der Waals surface area (Å²) in [6.45, 7) is 2.52. The minimum atomic E-state index is -1.21. The lowest BCUT2D eigenvalue weighted by Gasteiger charge is -2.25. The number of anilines is 1. The predicted octanol–water partition coefficient (Wildman–Crippen LogP) is 2.94. The number of nitro benzene ring substituents is 1. The Labute approximate surface area is 114 Å². The van der Waals surface area contributed by atoms with Gasteiger partial charge in [0.05, 0.1) is 21.2 Å². The maximum atomic E-state index is 11.3. The van der Waals surface area contributed by atoms with E-state index in [1.54, 1.807) is 0 Å². The largest absolute Gasteiger partial charge is 0.478 e. The summed E-state index contributed by atoms with van der Waals surface area (Å²) in [5.74, 6) is -1.21. The zero-order chi connectivity index (χ0) is 14.2. The zero-order valence-corrected chi connectivity index (χ0v) is 11.1. The third-order valence-corrected chi connectivity index (χ3v) is 3.39. The quantitative estimate of drug-likeness (QED) is 0.664. The van der Waals surface area contributed by atoms with E-state index >= 15 is 0 Å². The highest BCUT2D eigenvalue weighted by atomic mass is 35.5. The number of aromatic carboxylic acids is 1. The van der Waals surface area contributed by atoms with Crippen molar-refractivity contribution < 1.29 is 14.8 Å². The molecule has 1 aliphatic rings. The Balaban J connectivity index is 2.57. The number of rotatable bonds is 5. The number of hydrogen-bond donors (Lipinski definition) is 1. The topological polar surface area (TPSA) is 83.7 Å². The van der Waals surface area contributed by atoms with Crippen LogP contribution in [0.3, 0.4) is 0 Å². The van der Waals surface area contributed by atoms with E-state index in [0.717, 1.165) is 18.9 Å². The third kappa shape index (κ3) is 2.63. The van der Waals surface area contributed by atoms with E-state index in [-0.39, 0.29) is 22.3 Å². The molecule has 0 aromatic heterocycles. The Morgan fingerprint density at radius 1 is 1.58 bits per heavy atom. The van der Waals surface area contributed by atoms with E-state index in [4.69, 9.17) is 11.6 Å². The lowest BCUT2D eigenvalue weighted by Crippen LogP contribution is -2.27.